The van der Waals surface area contributed by atoms with Crippen LogP contribution in [0.5, 0.6) is 0 Å². The van der Waals surface area contributed by atoms with Gasteiger partial charge in [-0.05, 0) is 0 Å². The third-order valence-corrected chi connectivity index (χ3v) is 4.32. The Balaban J connectivity index is 2.24. The fourth-order valence-corrected chi connectivity index (χ4v) is 3.01. The first kappa shape index (κ1) is 14.6. The van der Waals surface area contributed by atoms with Gasteiger partial charge in [0.05, 0.1) is 18.4 Å². The van der Waals surface area contributed by atoms with Gasteiger partial charge in [0, 0.05) is 11.5 Å². The number of rotatable bonds is 2. The molecular weight excluding hydrogens is 355 g/mol. The van der Waals surface area contributed by atoms with Crippen LogP contribution < -0.4 is 0 Å². The monoisotopic (exact) mass is 360 g/mol. The zero-order valence-corrected chi connectivity index (χ0v) is 11.5. The lowest BCUT2D eigenvalue weighted by Crippen LogP contribution is -2.32. The highest BCUT2D eigenvalue weighted by Gasteiger charge is 2.43. The summed E-state index contributed by atoms with van der Waals surface area (Å²) in [6.45, 7) is -0.402. The van der Waals surface area contributed by atoms with Crippen LogP contribution in [-0.4, -0.2) is 20.3 Å². The quantitative estimate of drug-likeness (QED) is 0.450. The minimum atomic E-state index is -4.54. The lowest BCUT2D eigenvalue weighted by Gasteiger charge is -2.26. The fourth-order valence-electron chi connectivity index (χ4n) is 1.48. The van der Waals surface area contributed by atoms with Crippen LogP contribution >= 0.6 is 27.7 Å². The zero-order valence-electron chi connectivity index (χ0n) is 9.09. The summed E-state index contributed by atoms with van der Waals surface area (Å²) in [7, 11) is 0. The van der Waals surface area contributed by atoms with Gasteiger partial charge in [0.15, 0.2) is 0 Å². The Kier molecular flexibility index (Phi) is 4.05. The van der Waals surface area contributed by atoms with E-state index in [2.05, 4.69) is 20.9 Å². The minimum absolute atomic E-state index is 0.247. The van der Waals surface area contributed by atoms with Crippen LogP contribution in [0, 0.1) is 11.6 Å². The van der Waals surface area contributed by atoms with E-state index in [9.17, 15) is 22.0 Å². The van der Waals surface area contributed by atoms with Crippen LogP contribution in [0.2, 0.25) is 0 Å². The summed E-state index contributed by atoms with van der Waals surface area (Å²) in [6.07, 6.45) is -3.77. The van der Waals surface area contributed by atoms with Crippen LogP contribution in [0.4, 0.5) is 22.0 Å². The molecule has 0 amide bonds. The number of pyridine rings is 1. The van der Waals surface area contributed by atoms with E-state index in [1.54, 1.807) is 0 Å². The Morgan fingerprint density at radius 2 is 2.05 bits per heavy atom. The standard InChI is InChI=1S/C10H6BrF5N2S/c11-9-18(8(4-19-9)10(14,15)16)3-7-6(13)1-5(12)2-17-7/h1-2,4,9H,3H2. The molecule has 1 atom stereocenters. The first-order valence-electron chi connectivity index (χ1n) is 4.92. The number of hydrogen-bond acceptors (Lipinski definition) is 3. The van der Waals surface area contributed by atoms with E-state index in [1.807, 2.05) is 0 Å². The van der Waals surface area contributed by atoms with Crippen molar-refractivity contribution in [3.05, 3.63) is 40.7 Å². The van der Waals surface area contributed by atoms with Gasteiger partial charge in [-0.25, -0.2) is 8.78 Å². The molecule has 0 aliphatic carbocycles. The van der Waals surface area contributed by atoms with E-state index >= 15 is 0 Å². The number of nitrogens with zero attached hydrogens (tertiary/aromatic N) is 2. The molecule has 0 bridgehead atoms. The van der Waals surface area contributed by atoms with Crippen molar-refractivity contribution in [3.8, 4) is 0 Å². The molecule has 1 aromatic rings. The molecule has 1 aromatic heterocycles. The Morgan fingerprint density at radius 1 is 1.37 bits per heavy atom. The molecule has 104 valence electrons. The Bertz CT molecular complexity index is 519. The van der Waals surface area contributed by atoms with Crippen molar-refractivity contribution >= 4 is 27.7 Å². The number of halogens is 6. The summed E-state index contributed by atoms with van der Waals surface area (Å²) < 4.78 is 63.6. The molecule has 2 rings (SSSR count). The fraction of sp³-hybridized carbons (Fsp3) is 0.300. The Labute approximate surface area is 117 Å². The van der Waals surface area contributed by atoms with Crippen molar-refractivity contribution in [2.75, 3.05) is 0 Å². The van der Waals surface area contributed by atoms with Crippen LogP contribution in [0.3, 0.4) is 0 Å². The molecule has 9 heteroatoms. The highest BCUT2D eigenvalue weighted by atomic mass is 79.9. The van der Waals surface area contributed by atoms with Gasteiger partial charge in [0.25, 0.3) is 0 Å². The summed E-state index contributed by atoms with van der Waals surface area (Å²) in [5, 5.41) is 0.945. The number of allylic oxidation sites excluding steroid dienone is 1. The van der Waals surface area contributed by atoms with Crippen molar-refractivity contribution in [2.24, 2.45) is 0 Å². The molecule has 0 fully saturated rings. The second kappa shape index (κ2) is 5.28. The summed E-state index contributed by atoms with van der Waals surface area (Å²) in [5.41, 5.74) is -1.13. The average molecular weight is 361 g/mol. The number of alkyl halides is 4. The van der Waals surface area contributed by atoms with Crippen LogP contribution in [0.25, 0.3) is 0 Å². The molecule has 1 aliphatic heterocycles. The lowest BCUT2D eigenvalue weighted by molar-refractivity contribution is -0.110. The van der Waals surface area contributed by atoms with E-state index in [-0.39, 0.29) is 5.69 Å². The van der Waals surface area contributed by atoms with E-state index in [1.165, 1.54) is 0 Å². The minimum Gasteiger partial charge on any atom is -0.340 e. The molecule has 0 spiro atoms. The summed E-state index contributed by atoms with van der Waals surface area (Å²) in [4.78, 5) is 4.39. The molecule has 0 saturated carbocycles. The number of hydrogen-bond donors (Lipinski definition) is 0. The third-order valence-electron chi connectivity index (χ3n) is 2.34. The van der Waals surface area contributed by atoms with Crippen molar-refractivity contribution < 1.29 is 22.0 Å². The van der Waals surface area contributed by atoms with Crippen LogP contribution in [-0.2, 0) is 6.54 Å². The second-order valence-electron chi connectivity index (χ2n) is 3.64. The maximum atomic E-state index is 13.4. The van der Waals surface area contributed by atoms with E-state index in [4.69, 9.17) is 0 Å². The van der Waals surface area contributed by atoms with Gasteiger partial charge in [-0.15, -0.1) is 0 Å². The van der Waals surface area contributed by atoms with E-state index < -0.39 is 34.3 Å². The summed E-state index contributed by atoms with van der Waals surface area (Å²) in [6, 6.07) is 0.589. The number of aromatic nitrogens is 1. The van der Waals surface area contributed by atoms with Crippen molar-refractivity contribution in [1.29, 1.82) is 0 Å². The van der Waals surface area contributed by atoms with Gasteiger partial charge in [-0.1, -0.05) is 27.7 Å². The third kappa shape index (κ3) is 3.19. The average Bonchev–Trinajstić information content (AvgIpc) is 2.64. The molecule has 0 aromatic carbocycles. The largest absolute Gasteiger partial charge is 0.431 e. The van der Waals surface area contributed by atoms with Crippen molar-refractivity contribution in [3.63, 3.8) is 0 Å². The lowest BCUT2D eigenvalue weighted by atomic mass is 10.3. The molecule has 19 heavy (non-hydrogen) atoms. The number of thioether (sulfide) groups is 1. The van der Waals surface area contributed by atoms with Gasteiger partial charge in [0.1, 0.15) is 21.6 Å². The van der Waals surface area contributed by atoms with Gasteiger partial charge in [0.2, 0.25) is 0 Å². The van der Waals surface area contributed by atoms with E-state index in [0.717, 1.165) is 28.3 Å². The SMILES string of the molecule is Fc1cnc(CN2C(C(F)(F)F)=CSC2Br)c(F)c1. The molecular formula is C10H6BrF5N2S. The van der Waals surface area contributed by atoms with Crippen molar-refractivity contribution in [2.45, 2.75) is 17.0 Å². The Morgan fingerprint density at radius 3 is 2.63 bits per heavy atom. The summed E-state index contributed by atoms with van der Waals surface area (Å²) in [5.74, 6) is -1.85. The molecule has 2 heterocycles. The van der Waals surface area contributed by atoms with Gasteiger partial charge in [-0.3, -0.25) is 4.98 Å². The maximum Gasteiger partial charge on any atom is 0.431 e. The molecule has 1 unspecified atom stereocenters. The molecule has 0 saturated heterocycles. The normalized spacial score (nSPS) is 19.8. The first-order valence-corrected chi connectivity index (χ1v) is 6.78. The van der Waals surface area contributed by atoms with Crippen LogP contribution in [0.15, 0.2) is 23.4 Å². The molecule has 2 nitrogen and oxygen atoms in total. The topological polar surface area (TPSA) is 16.1 Å². The van der Waals surface area contributed by atoms with Gasteiger partial charge >= 0.3 is 6.18 Å². The predicted octanol–water partition coefficient (Wildman–Crippen LogP) is 3.99. The van der Waals surface area contributed by atoms with Crippen molar-refractivity contribution in [1.82, 2.24) is 9.88 Å². The van der Waals surface area contributed by atoms with Gasteiger partial charge < -0.3 is 4.90 Å². The summed E-state index contributed by atoms with van der Waals surface area (Å²) >= 11 is 3.95. The highest BCUT2D eigenvalue weighted by molar-refractivity contribution is 9.11. The molecule has 0 N–H and O–H groups in total. The molecule has 1 aliphatic rings. The smallest absolute Gasteiger partial charge is 0.340 e. The predicted molar refractivity (Wildman–Crippen MR) is 64.1 cm³/mol. The Hall–Kier alpha value is -0.830. The van der Waals surface area contributed by atoms with Crippen LogP contribution in [0.1, 0.15) is 5.69 Å². The zero-order chi connectivity index (χ0) is 14.2. The molecule has 0 radical (unpaired) electrons. The first-order chi connectivity index (χ1) is 8.79. The second-order valence-corrected chi connectivity index (χ2v) is 6.07. The van der Waals surface area contributed by atoms with E-state index in [0.29, 0.717) is 6.07 Å². The highest BCUT2D eigenvalue weighted by Crippen LogP contribution is 2.43. The van der Waals surface area contributed by atoms with Gasteiger partial charge in [-0.2, -0.15) is 13.2 Å². The maximum absolute atomic E-state index is 13.4.